The van der Waals surface area contributed by atoms with Gasteiger partial charge in [0.15, 0.2) is 0 Å². The van der Waals surface area contributed by atoms with Gasteiger partial charge in [0.1, 0.15) is 12.1 Å². The van der Waals surface area contributed by atoms with Gasteiger partial charge in [-0.2, -0.15) is 0 Å². The zero-order valence-electron chi connectivity index (χ0n) is 12.2. The molecular formula is C16H17N3O3. The number of rotatable bonds is 4. The van der Waals surface area contributed by atoms with Crippen molar-refractivity contribution in [1.82, 2.24) is 9.97 Å². The van der Waals surface area contributed by atoms with Crippen LogP contribution in [0.15, 0.2) is 30.6 Å². The summed E-state index contributed by atoms with van der Waals surface area (Å²) in [7, 11) is 0. The molecular weight excluding hydrogens is 282 g/mol. The van der Waals surface area contributed by atoms with Gasteiger partial charge in [0.25, 0.3) is 0 Å². The summed E-state index contributed by atoms with van der Waals surface area (Å²) >= 11 is 0. The van der Waals surface area contributed by atoms with E-state index in [1.165, 1.54) is 6.33 Å². The molecule has 2 N–H and O–H groups in total. The third-order valence-electron chi connectivity index (χ3n) is 3.62. The highest BCUT2D eigenvalue weighted by molar-refractivity contribution is 5.89. The molecule has 1 aliphatic carbocycles. The lowest BCUT2D eigenvalue weighted by Gasteiger charge is -2.10. The van der Waals surface area contributed by atoms with Crippen LogP contribution in [-0.4, -0.2) is 27.7 Å². The van der Waals surface area contributed by atoms with Crippen molar-refractivity contribution in [2.45, 2.75) is 25.9 Å². The van der Waals surface area contributed by atoms with Crippen LogP contribution in [0.5, 0.6) is 0 Å². The van der Waals surface area contributed by atoms with Crippen LogP contribution < -0.4 is 5.32 Å². The summed E-state index contributed by atoms with van der Waals surface area (Å²) in [6.45, 7) is 2.13. The molecule has 1 heterocycles. The molecule has 1 atom stereocenters. The van der Waals surface area contributed by atoms with Gasteiger partial charge in [-0.05, 0) is 44.0 Å². The van der Waals surface area contributed by atoms with Gasteiger partial charge >= 0.3 is 5.97 Å². The second kappa shape index (κ2) is 6.11. The summed E-state index contributed by atoms with van der Waals surface area (Å²) in [5.74, 6) is 0.366. The normalized spacial score (nSPS) is 16.2. The Bertz CT molecular complexity index is 686. The third kappa shape index (κ3) is 2.78. The second-order valence-electron chi connectivity index (χ2n) is 5.06. The zero-order valence-corrected chi connectivity index (χ0v) is 12.2. The summed E-state index contributed by atoms with van der Waals surface area (Å²) in [5, 5.41) is 13.1. The van der Waals surface area contributed by atoms with E-state index < -0.39 is 6.10 Å². The lowest BCUT2D eigenvalue weighted by molar-refractivity contribution is 0.0526. The zero-order chi connectivity index (χ0) is 15.5. The maximum Gasteiger partial charge on any atom is 0.338 e. The molecule has 0 saturated carbocycles. The van der Waals surface area contributed by atoms with Crippen LogP contribution in [0.2, 0.25) is 0 Å². The van der Waals surface area contributed by atoms with Crippen molar-refractivity contribution in [2.75, 3.05) is 11.9 Å². The predicted molar refractivity (Wildman–Crippen MR) is 81.0 cm³/mol. The molecule has 0 aliphatic heterocycles. The van der Waals surface area contributed by atoms with E-state index in [4.69, 9.17) is 4.74 Å². The number of aliphatic hydroxyl groups excluding tert-OH is 1. The van der Waals surface area contributed by atoms with Gasteiger partial charge < -0.3 is 15.2 Å². The van der Waals surface area contributed by atoms with Gasteiger partial charge in [-0.3, -0.25) is 0 Å². The van der Waals surface area contributed by atoms with Crippen molar-refractivity contribution in [3.05, 3.63) is 47.4 Å². The molecule has 1 unspecified atom stereocenters. The van der Waals surface area contributed by atoms with E-state index in [-0.39, 0.29) is 5.97 Å². The fourth-order valence-corrected chi connectivity index (χ4v) is 2.53. The molecule has 2 aromatic rings. The van der Waals surface area contributed by atoms with E-state index in [1.54, 1.807) is 31.2 Å². The first kappa shape index (κ1) is 14.5. The predicted octanol–water partition coefficient (Wildman–Crippen LogP) is 2.38. The Hall–Kier alpha value is -2.47. The number of benzene rings is 1. The van der Waals surface area contributed by atoms with Gasteiger partial charge in [0.2, 0.25) is 0 Å². The Balaban J connectivity index is 1.79. The number of ether oxygens (including phenoxy) is 1. The van der Waals surface area contributed by atoms with E-state index in [9.17, 15) is 9.90 Å². The quantitative estimate of drug-likeness (QED) is 0.843. The summed E-state index contributed by atoms with van der Waals surface area (Å²) < 4.78 is 4.95. The van der Waals surface area contributed by atoms with Crippen molar-refractivity contribution in [3.8, 4) is 0 Å². The van der Waals surface area contributed by atoms with E-state index in [2.05, 4.69) is 15.3 Å². The molecule has 22 heavy (non-hydrogen) atoms. The second-order valence-corrected chi connectivity index (χ2v) is 5.06. The first-order valence-electron chi connectivity index (χ1n) is 7.25. The van der Waals surface area contributed by atoms with Crippen LogP contribution >= 0.6 is 0 Å². The Labute approximate surface area is 128 Å². The summed E-state index contributed by atoms with van der Waals surface area (Å²) in [6.07, 6.45) is 2.36. The molecule has 0 bridgehead atoms. The maximum absolute atomic E-state index is 11.6. The lowest BCUT2D eigenvalue weighted by atomic mass is 10.2. The highest BCUT2D eigenvalue weighted by atomic mass is 16.5. The number of carbonyl (C=O) groups is 1. The molecule has 0 spiro atoms. The minimum absolute atomic E-state index is 0.333. The Morgan fingerprint density at radius 1 is 1.36 bits per heavy atom. The number of hydrogen-bond acceptors (Lipinski definition) is 6. The summed E-state index contributed by atoms with van der Waals surface area (Å²) in [6, 6.07) is 7.01. The average Bonchev–Trinajstić information content (AvgIpc) is 2.91. The fraction of sp³-hybridized carbons (Fsp3) is 0.312. The SMILES string of the molecule is CCOC(=O)c1ccc(Nc2ncnc3c2CCC3O)cc1. The molecule has 0 saturated heterocycles. The minimum atomic E-state index is -0.509. The van der Waals surface area contributed by atoms with E-state index in [1.807, 2.05) is 0 Å². The standard InChI is InChI=1S/C16H17N3O3/c1-2-22-16(21)10-3-5-11(6-4-10)19-15-12-7-8-13(20)14(12)17-9-18-15/h3-6,9,13,20H,2,7-8H2,1H3,(H,17,18,19). The van der Waals surface area contributed by atoms with E-state index >= 15 is 0 Å². The first-order chi connectivity index (χ1) is 10.7. The van der Waals surface area contributed by atoms with Gasteiger partial charge in [-0.15, -0.1) is 0 Å². The molecule has 0 fully saturated rings. The Morgan fingerprint density at radius 3 is 2.86 bits per heavy atom. The topological polar surface area (TPSA) is 84.3 Å². The number of aliphatic hydroxyl groups is 1. The van der Waals surface area contributed by atoms with Crippen LogP contribution in [0.25, 0.3) is 0 Å². The molecule has 3 rings (SSSR count). The average molecular weight is 299 g/mol. The molecule has 6 nitrogen and oxygen atoms in total. The monoisotopic (exact) mass is 299 g/mol. The van der Waals surface area contributed by atoms with Crippen molar-refractivity contribution in [1.29, 1.82) is 0 Å². The number of anilines is 2. The number of nitrogens with zero attached hydrogens (tertiary/aromatic N) is 2. The molecule has 0 radical (unpaired) electrons. The van der Waals surface area contributed by atoms with Crippen molar-refractivity contribution < 1.29 is 14.6 Å². The number of carbonyl (C=O) groups excluding carboxylic acids is 1. The first-order valence-corrected chi connectivity index (χ1v) is 7.25. The molecule has 1 aromatic carbocycles. The maximum atomic E-state index is 11.6. The Morgan fingerprint density at radius 2 is 2.14 bits per heavy atom. The van der Waals surface area contributed by atoms with Crippen LogP contribution in [0.1, 0.15) is 41.1 Å². The number of nitrogens with one attached hydrogen (secondary N) is 1. The number of fused-ring (bicyclic) bond motifs is 1. The van der Waals surface area contributed by atoms with Gasteiger partial charge in [-0.1, -0.05) is 0 Å². The lowest BCUT2D eigenvalue weighted by Crippen LogP contribution is -2.05. The van der Waals surface area contributed by atoms with E-state index in [0.717, 1.165) is 17.7 Å². The van der Waals surface area contributed by atoms with Crippen LogP contribution in [0.3, 0.4) is 0 Å². The van der Waals surface area contributed by atoms with Gasteiger partial charge in [0, 0.05) is 11.3 Å². The number of hydrogen-bond donors (Lipinski definition) is 2. The highest BCUT2D eigenvalue weighted by Crippen LogP contribution is 2.33. The van der Waals surface area contributed by atoms with E-state index in [0.29, 0.717) is 30.1 Å². The molecule has 114 valence electrons. The van der Waals surface area contributed by atoms with Gasteiger partial charge in [0.05, 0.1) is 24.0 Å². The minimum Gasteiger partial charge on any atom is -0.462 e. The number of aromatic nitrogens is 2. The van der Waals surface area contributed by atoms with Crippen molar-refractivity contribution >= 4 is 17.5 Å². The third-order valence-corrected chi connectivity index (χ3v) is 3.62. The molecule has 6 heteroatoms. The summed E-state index contributed by atoms with van der Waals surface area (Å²) in [5.41, 5.74) is 2.97. The Kier molecular flexibility index (Phi) is 4.02. The molecule has 1 aromatic heterocycles. The molecule has 0 amide bonds. The van der Waals surface area contributed by atoms with Crippen LogP contribution in [-0.2, 0) is 11.2 Å². The largest absolute Gasteiger partial charge is 0.462 e. The summed E-state index contributed by atoms with van der Waals surface area (Å²) in [4.78, 5) is 20.0. The van der Waals surface area contributed by atoms with Crippen molar-refractivity contribution in [3.63, 3.8) is 0 Å². The number of esters is 1. The smallest absolute Gasteiger partial charge is 0.338 e. The van der Waals surface area contributed by atoms with Crippen LogP contribution in [0.4, 0.5) is 11.5 Å². The fourth-order valence-electron chi connectivity index (χ4n) is 2.53. The van der Waals surface area contributed by atoms with Crippen molar-refractivity contribution in [2.24, 2.45) is 0 Å². The highest BCUT2D eigenvalue weighted by Gasteiger charge is 2.25. The van der Waals surface area contributed by atoms with Gasteiger partial charge in [-0.25, -0.2) is 14.8 Å². The molecule has 1 aliphatic rings. The van der Waals surface area contributed by atoms with Crippen LogP contribution in [0, 0.1) is 0 Å².